The number of rotatable bonds is 2. The summed E-state index contributed by atoms with van der Waals surface area (Å²) in [5.74, 6) is -0.0781. The van der Waals surface area contributed by atoms with Gasteiger partial charge in [-0.1, -0.05) is 11.6 Å². The standard InChI is InChI=1S/C15H13ClN2O2/c16-12-1-2-13-10(7-12)4-6-18(15(13)20)14-8-17-5-3-11(14)9-19/h1-3,5,7-8,19H,4,6,9H2. The summed E-state index contributed by atoms with van der Waals surface area (Å²) >= 11 is 5.96. The van der Waals surface area contributed by atoms with Gasteiger partial charge in [-0.15, -0.1) is 0 Å². The highest BCUT2D eigenvalue weighted by Crippen LogP contribution is 2.28. The third-order valence-corrected chi connectivity index (χ3v) is 3.73. The van der Waals surface area contributed by atoms with E-state index < -0.39 is 0 Å². The minimum atomic E-state index is -0.116. The molecule has 2 aromatic rings. The van der Waals surface area contributed by atoms with Crippen LogP contribution in [-0.2, 0) is 13.0 Å². The predicted molar refractivity (Wildman–Crippen MR) is 77.0 cm³/mol. The Hall–Kier alpha value is -1.91. The Bertz CT molecular complexity index is 673. The number of pyridine rings is 1. The Morgan fingerprint density at radius 1 is 1.35 bits per heavy atom. The van der Waals surface area contributed by atoms with E-state index in [0.717, 1.165) is 12.0 Å². The highest BCUT2D eigenvalue weighted by Gasteiger charge is 2.26. The SMILES string of the molecule is O=C1c2ccc(Cl)cc2CCN1c1cnccc1CO. The minimum Gasteiger partial charge on any atom is -0.392 e. The normalized spacial score (nSPS) is 14.3. The number of aliphatic hydroxyl groups excluding tert-OH is 1. The van der Waals surface area contributed by atoms with E-state index in [1.165, 1.54) is 0 Å². The molecule has 0 saturated heterocycles. The van der Waals surface area contributed by atoms with E-state index in [1.807, 2.05) is 6.07 Å². The van der Waals surface area contributed by atoms with Gasteiger partial charge in [0.1, 0.15) is 0 Å². The molecule has 1 aromatic carbocycles. The molecule has 1 aliphatic rings. The van der Waals surface area contributed by atoms with E-state index in [4.69, 9.17) is 11.6 Å². The van der Waals surface area contributed by atoms with Crippen molar-refractivity contribution >= 4 is 23.2 Å². The van der Waals surface area contributed by atoms with Gasteiger partial charge in [-0.2, -0.15) is 0 Å². The first-order valence-corrected chi connectivity index (χ1v) is 6.72. The van der Waals surface area contributed by atoms with Gasteiger partial charge in [0.25, 0.3) is 5.91 Å². The molecular formula is C15H13ClN2O2. The molecule has 5 heteroatoms. The summed E-state index contributed by atoms with van der Waals surface area (Å²) in [6.07, 6.45) is 3.96. The van der Waals surface area contributed by atoms with Crippen LogP contribution in [0, 0.1) is 0 Å². The van der Waals surface area contributed by atoms with Crippen LogP contribution in [0.2, 0.25) is 5.02 Å². The molecule has 0 atom stereocenters. The lowest BCUT2D eigenvalue weighted by Crippen LogP contribution is -2.38. The molecule has 1 amide bonds. The zero-order valence-electron chi connectivity index (χ0n) is 10.7. The average Bonchev–Trinajstić information content (AvgIpc) is 2.47. The van der Waals surface area contributed by atoms with Gasteiger partial charge >= 0.3 is 0 Å². The molecule has 2 heterocycles. The van der Waals surface area contributed by atoms with Crippen LogP contribution in [-0.4, -0.2) is 22.5 Å². The number of aliphatic hydroxyl groups is 1. The van der Waals surface area contributed by atoms with E-state index in [9.17, 15) is 9.90 Å². The fourth-order valence-electron chi connectivity index (χ4n) is 2.48. The van der Waals surface area contributed by atoms with Crippen molar-refractivity contribution in [1.82, 2.24) is 4.98 Å². The summed E-state index contributed by atoms with van der Waals surface area (Å²) in [6.45, 7) is 0.444. The molecule has 4 nitrogen and oxygen atoms in total. The van der Waals surface area contributed by atoms with Crippen molar-refractivity contribution in [3.05, 3.63) is 58.4 Å². The van der Waals surface area contributed by atoms with E-state index >= 15 is 0 Å². The van der Waals surface area contributed by atoms with Crippen molar-refractivity contribution in [2.45, 2.75) is 13.0 Å². The van der Waals surface area contributed by atoms with Crippen LogP contribution in [0.3, 0.4) is 0 Å². The number of fused-ring (bicyclic) bond motifs is 1. The summed E-state index contributed by atoms with van der Waals surface area (Å²) in [6, 6.07) is 7.03. The van der Waals surface area contributed by atoms with Gasteiger partial charge in [-0.25, -0.2) is 0 Å². The van der Waals surface area contributed by atoms with Gasteiger partial charge in [0.15, 0.2) is 0 Å². The van der Waals surface area contributed by atoms with Crippen LogP contribution in [0.15, 0.2) is 36.7 Å². The molecule has 1 aromatic heterocycles. The molecule has 0 radical (unpaired) electrons. The lowest BCUT2D eigenvalue weighted by molar-refractivity contribution is 0.0980. The second-order valence-electron chi connectivity index (χ2n) is 4.67. The van der Waals surface area contributed by atoms with E-state index in [0.29, 0.717) is 28.4 Å². The van der Waals surface area contributed by atoms with E-state index in [2.05, 4.69) is 4.98 Å². The number of hydrogen-bond acceptors (Lipinski definition) is 3. The van der Waals surface area contributed by atoms with Gasteiger partial charge in [-0.3, -0.25) is 9.78 Å². The van der Waals surface area contributed by atoms with Gasteiger partial charge in [-0.05, 0) is 36.2 Å². The largest absolute Gasteiger partial charge is 0.392 e. The number of halogens is 1. The second kappa shape index (κ2) is 5.23. The molecular weight excluding hydrogens is 276 g/mol. The molecule has 1 N–H and O–H groups in total. The summed E-state index contributed by atoms with van der Waals surface area (Å²) in [4.78, 5) is 18.3. The van der Waals surface area contributed by atoms with Crippen molar-refractivity contribution in [1.29, 1.82) is 0 Å². The monoisotopic (exact) mass is 288 g/mol. The second-order valence-corrected chi connectivity index (χ2v) is 5.11. The number of amides is 1. The number of nitrogens with zero attached hydrogens (tertiary/aromatic N) is 2. The predicted octanol–water partition coefficient (Wildman–Crippen LogP) is 2.43. The van der Waals surface area contributed by atoms with Gasteiger partial charge in [0, 0.05) is 28.9 Å². The maximum Gasteiger partial charge on any atom is 0.258 e. The smallest absolute Gasteiger partial charge is 0.258 e. The quantitative estimate of drug-likeness (QED) is 0.923. The molecule has 0 saturated carbocycles. The molecule has 102 valence electrons. The van der Waals surface area contributed by atoms with Gasteiger partial charge in [0.05, 0.1) is 18.5 Å². The topological polar surface area (TPSA) is 53.4 Å². The number of carbonyl (C=O) groups is 1. The Labute approximate surface area is 121 Å². The summed E-state index contributed by atoms with van der Waals surface area (Å²) in [5.41, 5.74) is 2.99. The third kappa shape index (κ3) is 2.17. The Morgan fingerprint density at radius 3 is 3.00 bits per heavy atom. The van der Waals surface area contributed by atoms with Crippen molar-refractivity contribution in [2.75, 3.05) is 11.4 Å². The zero-order valence-corrected chi connectivity index (χ0v) is 11.5. The first kappa shape index (κ1) is 13.1. The Morgan fingerprint density at radius 2 is 2.20 bits per heavy atom. The Balaban J connectivity index is 2.02. The van der Waals surface area contributed by atoms with Crippen molar-refractivity contribution in [3.8, 4) is 0 Å². The lowest BCUT2D eigenvalue weighted by Gasteiger charge is -2.29. The number of hydrogen-bond donors (Lipinski definition) is 1. The fraction of sp³-hybridized carbons (Fsp3) is 0.200. The van der Waals surface area contributed by atoms with Crippen molar-refractivity contribution < 1.29 is 9.90 Å². The van der Waals surface area contributed by atoms with Crippen molar-refractivity contribution in [3.63, 3.8) is 0 Å². The highest BCUT2D eigenvalue weighted by molar-refractivity contribution is 6.30. The first-order valence-electron chi connectivity index (χ1n) is 6.34. The molecule has 20 heavy (non-hydrogen) atoms. The van der Waals surface area contributed by atoms with Crippen LogP contribution in [0.1, 0.15) is 21.5 Å². The molecule has 1 aliphatic heterocycles. The van der Waals surface area contributed by atoms with Crippen LogP contribution >= 0.6 is 11.6 Å². The first-order chi connectivity index (χ1) is 9.70. The van der Waals surface area contributed by atoms with Crippen molar-refractivity contribution in [2.24, 2.45) is 0 Å². The number of aromatic nitrogens is 1. The zero-order chi connectivity index (χ0) is 14.1. The molecule has 0 spiro atoms. The molecule has 0 unspecified atom stereocenters. The van der Waals surface area contributed by atoms with Crippen LogP contribution in [0.25, 0.3) is 0 Å². The van der Waals surface area contributed by atoms with E-state index in [1.54, 1.807) is 35.5 Å². The fourth-order valence-corrected chi connectivity index (χ4v) is 2.67. The summed E-state index contributed by atoms with van der Waals surface area (Å²) in [5, 5.41) is 10.0. The maximum absolute atomic E-state index is 12.6. The Kier molecular flexibility index (Phi) is 3.42. The number of benzene rings is 1. The molecule has 0 bridgehead atoms. The van der Waals surface area contributed by atoms with Crippen LogP contribution < -0.4 is 4.90 Å². The molecule has 3 rings (SSSR count). The molecule has 0 fully saturated rings. The minimum absolute atomic E-state index is 0.0781. The van der Waals surface area contributed by atoms with Crippen LogP contribution in [0.4, 0.5) is 5.69 Å². The third-order valence-electron chi connectivity index (χ3n) is 3.50. The average molecular weight is 289 g/mol. The molecule has 0 aliphatic carbocycles. The number of anilines is 1. The number of carbonyl (C=O) groups excluding carboxylic acids is 1. The maximum atomic E-state index is 12.6. The van der Waals surface area contributed by atoms with Gasteiger partial charge < -0.3 is 10.0 Å². The summed E-state index contributed by atoms with van der Waals surface area (Å²) in [7, 11) is 0. The summed E-state index contributed by atoms with van der Waals surface area (Å²) < 4.78 is 0. The van der Waals surface area contributed by atoms with Crippen LogP contribution in [0.5, 0.6) is 0 Å². The lowest BCUT2D eigenvalue weighted by atomic mass is 9.98. The van der Waals surface area contributed by atoms with E-state index in [-0.39, 0.29) is 12.5 Å². The van der Waals surface area contributed by atoms with Gasteiger partial charge in [0.2, 0.25) is 0 Å². The highest BCUT2D eigenvalue weighted by atomic mass is 35.5.